The van der Waals surface area contributed by atoms with Gasteiger partial charge >= 0.3 is 5.97 Å². The number of hydrogen-bond donors (Lipinski definition) is 1. The second-order valence-corrected chi connectivity index (χ2v) is 7.28. The second-order valence-electron chi connectivity index (χ2n) is 5.74. The molecule has 0 aliphatic rings. The highest BCUT2D eigenvalue weighted by Gasteiger charge is 2.30. The van der Waals surface area contributed by atoms with Gasteiger partial charge in [0.15, 0.2) is 5.60 Å². The summed E-state index contributed by atoms with van der Waals surface area (Å²) in [4.78, 5) is 11.2. The van der Waals surface area contributed by atoms with Crippen molar-refractivity contribution in [1.29, 1.82) is 5.26 Å². The Kier molecular flexibility index (Phi) is 9.85. The zero-order chi connectivity index (χ0) is 17.8. The van der Waals surface area contributed by atoms with Gasteiger partial charge in [0, 0.05) is 10.8 Å². The Hall–Kier alpha value is -1.22. The minimum Gasteiger partial charge on any atom is -0.469 e. The largest absolute Gasteiger partial charge is 0.469 e. The van der Waals surface area contributed by atoms with Crippen molar-refractivity contribution >= 4 is 29.3 Å². The van der Waals surface area contributed by atoms with Crippen molar-refractivity contribution in [2.24, 2.45) is 0 Å². The molecule has 1 aromatic carbocycles. The molecule has 0 fully saturated rings. The van der Waals surface area contributed by atoms with Gasteiger partial charge in [0.2, 0.25) is 0 Å². The monoisotopic (exact) mass is 369 g/mol. The van der Waals surface area contributed by atoms with Crippen molar-refractivity contribution in [3.8, 4) is 6.07 Å². The third kappa shape index (κ3) is 8.58. The lowest BCUT2D eigenvalue weighted by molar-refractivity contribution is -0.143. The Balaban J connectivity index is 2.09. The quantitative estimate of drug-likeness (QED) is 0.362. The van der Waals surface area contributed by atoms with E-state index in [9.17, 15) is 9.90 Å². The summed E-state index contributed by atoms with van der Waals surface area (Å²) in [6.45, 7) is 0. The first-order valence-corrected chi connectivity index (χ1v) is 9.55. The second kappa shape index (κ2) is 11.4. The molecule has 4 nitrogen and oxygen atoms in total. The van der Waals surface area contributed by atoms with E-state index in [4.69, 9.17) is 16.9 Å². The van der Waals surface area contributed by atoms with Crippen LogP contribution in [0.25, 0.3) is 0 Å². The van der Waals surface area contributed by atoms with E-state index < -0.39 is 11.6 Å². The molecule has 1 N–H and O–H groups in total. The predicted molar refractivity (Wildman–Crippen MR) is 98.1 cm³/mol. The first kappa shape index (κ1) is 20.8. The third-order valence-corrected chi connectivity index (χ3v) is 5.10. The van der Waals surface area contributed by atoms with Gasteiger partial charge in [0.25, 0.3) is 0 Å². The highest BCUT2D eigenvalue weighted by molar-refractivity contribution is 7.99. The molecule has 6 heteroatoms. The van der Waals surface area contributed by atoms with Gasteiger partial charge in [-0.15, -0.1) is 0 Å². The van der Waals surface area contributed by atoms with Crippen LogP contribution in [0.5, 0.6) is 0 Å². The van der Waals surface area contributed by atoms with Crippen LogP contribution >= 0.6 is 23.4 Å². The number of benzene rings is 1. The standard InChI is InChI=1S/C18H24ClNO3S/c1-23-17(21)12-18(22,13-20)14-24-10-5-3-2-4-7-15-8-6-9-16(19)11-15/h6,8-9,11,22H,2-5,7,10,12,14H2,1H3. The fourth-order valence-electron chi connectivity index (χ4n) is 2.25. The molecule has 0 spiro atoms. The van der Waals surface area contributed by atoms with Crippen molar-refractivity contribution < 1.29 is 14.6 Å². The minimum absolute atomic E-state index is 0.223. The molecular formula is C18H24ClNO3S. The number of ether oxygens (including phenoxy) is 1. The Morgan fingerprint density at radius 2 is 2.12 bits per heavy atom. The lowest BCUT2D eigenvalue weighted by Crippen LogP contribution is -2.33. The smallest absolute Gasteiger partial charge is 0.309 e. The normalized spacial score (nSPS) is 13.1. The van der Waals surface area contributed by atoms with E-state index in [0.717, 1.165) is 42.9 Å². The van der Waals surface area contributed by atoms with Crippen LogP contribution in [-0.4, -0.2) is 35.3 Å². The first-order valence-electron chi connectivity index (χ1n) is 8.02. The van der Waals surface area contributed by atoms with Crippen LogP contribution in [0.2, 0.25) is 5.02 Å². The topological polar surface area (TPSA) is 70.3 Å². The van der Waals surface area contributed by atoms with Crippen molar-refractivity contribution in [1.82, 2.24) is 0 Å². The van der Waals surface area contributed by atoms with Crippen molar-refractivity contribution in [3.63, 3.8) is 0 Å². The number of halogens is 1. The van der Waals surface area contributed by atoms with Gasteiger partial charge in [0.05, 0.1) is 19.6 Å². The molecule has 1 aromatic rings. The highest BCUT2D eigenvalue weighted by Crippen LogP contribution is 2.19. The number of unbranched alkanes of at least 4 members (excludes halogenated alkanes) is 3. The summed E-state index contributed by atoms with van der Waals surface area (Å²) in [5.41, 5.74) is -0.372. The molecule has 0 bridgehead atoms. The number of carbonyl (C=O) groups is 1. The molecule has 0 saturated carbocycles. The summed E-state index contributed by atoms with van der Waals surface area (Å²) in [5, 5.41) is 19.8. The van der Waals surface area contributed by atoms with E-state index in [-0.39, 0.29) is 12.2 Å². The number of methoxy groups -OCH3 is 1. The summed E-state index contributed by atoms with van der Waals surface area (Å²) in [7, 11) is 1.25. The SMILES string of the molecule is COC(=O)CC(O)(C#N)CSCCCCCCc1cccc(Cl)c1. The number of nitriles is 1. The van der Waals surface area contributed by atoms with Crippen LogP contribution in [0, 0.1) is 11.3 Å². The molecule has 0 saturated heterocycles. The van der Waals surface area contributed by atoms with Crippen LogP contribution in [0.1, 0.15) is 37.7 Å². The van der Waals surface area contributed by atoms with E-state index >= 15 is 0 Å². The number of rotatable bonds is 11. The molecule has 1 atom stereocenters. The number of thioether (sulfide) groups is 1. The van der Waals surface area contributed by atoms with E-state index in [1.54, 1.807) is 6.07 Å². The fourth-order valence-corrected chi connectivity index (χ4v) is 3.52. The van der Waals surface area contributed by atoms with E-state index in [1.165, 1.54) is 24.4 Å². The average Bonchev–Trinajstić information content (AvgIpc) is 2.57. The average molecular weight is 370 g/mol. The van der Waals surface area contributed by atoms with Crippen LogP contribution < -0.4 is 0 Å². The minimum atomic E-state index is -1.63. The fraction of sp³-hybridized carbons (Fsp3) is 0.556. The molecule has 0 aromatic heterocycles. The summed E-state index contributed by atoms with van der Waals surface area (Å²) in [6.07, 6.45) is 5.14. The molecule has 0 aliphatic heterocycles. The Labute approximate surface area is 153 Å². The number of carbonyl (C=O) groups excluding carboxylic acids is 1. The number of aryl methyl sites for hydroxylation is 1. The maximum atomic E-state index is 11.2. The van der Waals surface area contributed by atoms with Crippen molar-refractivity contribution in [2.45, 2.75) is 44.1 Å². The third-order valence-electron chi connectivity index (χ3n) is 3.61. The van der Waals surface area contributed by atoms with E-state index in [1.807, 2.05) is 18.2 Å². The molecule has 0 heterocycles. The Morgan fingerprint density at radius 3 is 2.79 bits per heavy atom. The molecule has 0 radical (unpaired) electrons. The van der Waals surface area contributed by atoms with Crippen LogP contribution in [0.3, 0.4) is 0 Å². The lowest BCUT2D eigenvalue weighted by Gasteiger charge is -2.18. The van der Waals surface area contributed by atoms with Gasteiger partial charge in [-0.25, -0.2) is 0 Å². The number of nitrogens with zero attached hydrogens (tertiary/aromatic N) is 1. The Bertz CT molecular complexity index is 561. The predicted octanol–water partition coefficient (Wildman–Crippen LogP) is 3.99. The molecule has 132 valence electrons. The number of hydrogen-bond acceptors (Lipinski definition) is 5. The van der Waals surface area contributed by atoms with Crippen LogP contribution in [-0.2, 0) is 16.0 Å². The lowest BCUT2D eigenvalue weighted by atomic mass is 10.1. The first-order chi connectivity index (χ1) is 11.5. The zero-order valence-electron chi connectivity index (χ0n) is 14.0. The molecule has 0 aliphatic carbocycles. The summed E-state index contributed by atoms with van der Waals surface area (Å²) >= 11 is 7.45. The van der Waals surface area contributed by atoms with Gasteiger partial charge in [-0.3, -0.25) is 4.79 Å². The molecule has 24 heavy (non-hydrogen) atoms. The van der Waals surface area contributed by atoms with Gasteiger partial charge in [-0.2, -0.15) is 17.0 Å². The molecule has 1 unspecified atom stereocenters. The summed E-state index contributed by atoms with van der Waals surface area (Å²) in [5.74, 6) is 0.518. The number of aliphatic hydroxyl groups is 1. The van der Waals surface area contributed by atoms with Gasteiger partial charge in [-0.05, 0) is 42.7 Å². The Morgan fingerprint density at radius 1 is 1.38 bits per heavy atom. The highest BCUT2D eigenvalue weighted by atomic mass is 35.5. The summed E-state index contributed by atoms with van der Waals surface area (Å²) < 4.78 is 4.50. The maximum absolute atomic E-state index is 11.2. The molecule has 1 rings (SSSR count). The van der Waals surface area contributed by atoms with Crippen molar-refractivity contribution in [2.75, 3.05) is 18.6 Å². The van der Waals surface area contributed by atoms with Gasteiger partial charge in [-0.1, -0.05) is 36.6 Å². The number of esters is 1. The van der Waals surface area contributed by atoms with E-state index in [0.29, 0.717) is 0 Å². The van der Waals surface area contributed by atoms with Crippen LogP contribution in [0.15, 0.2) is 24.3 Å². The van der Waals surface area contributed by atoms with Crippen molar-refractivity contribution in [3.05, 3.63) is 34.9 Å². The van der Waals surface area contributed by atoms with Gasteiger partial charge < -0.3 is 9.84 Å². The maximum Gasteiger partial charge on any atom is 0.309 e. The van der Waals surface area contributed by atoms with Gasteiger partial charge in [0.1, 0.15) is 0 Å². The van der Waals surface area contributed by atoms with Crippen LogP contribution in [0.4, 0.5) is 0 Å². The van der Waals surface area contributed by atoms with E-state index in [2.05, 4.69) is 10.8 Å². The summed E-state index contributed by atoms with van der Waals surface area (Å²) in [6, 6.07) is 9.74. The zero-order valence-corrected chi connectivity index (χ0v) is 15.5. The molecule has 0 amide bonds. The molecular weight excluding hydrogens is 346 g/mol.